The molecule has 1 fully saturated rings. The van der Waals surface area contributed by atoms with Crippen molar-refractivity contribution < 1.29 is 9.90 Å². The van der Waals surface area contributed by atoms with E-state index in [0.29, 0.717) is 11.8 Å². The van der Waals surface area contributed by atoms with Crippen LogP contribution < -0.4 is 0 Å². The zero-order valence-corrected chi connectivity index (χ0v) is 12.3. The number of aromatic nitrogens is 3. The van der Waals surface area contributed by atoms with Crippen LogP contribution in [-0.4, -0.2) is 43.8 Å². The van der Waals surface area contributed by atoms with Crippen molar-refractivity contribution in [3.63, 3.8) is 0 Å². The molecule has 0 saturated carbocycles. The normalized spacial score (nSPS) is 19.9. The summed E-state index contributed by atoms with van der Waals surface area (Å²) in [6.07, 6.45) is 3.77. The summed E-state index contributed by atoms with van der Waals surface area (Å²) in [5, 5.41) is 13.0. The number of rotatable bonds is 7. The van der Waals surface area contributed by atoms with Crippen molar-refractivity contribution in [1.82, 2.24) is 19.7 Å². The van der Waals surface area contributed by atoms with E-state index >= 15 is 0 Å². The van der Waals surface area contributed by atoms with Crippen molar-refractivity contribution in [2.24, 2.45) is 11.8 Å². The third-order valence-corrected chi connectivity index (χ3v) is 3.74. The van der Waals surface area contributed by atoms with Gasteiger partial charge in [-0.05, 0) is 31.2 Å². The summed E-state index contributed by atoms with van der Waals surface area (Å²) in [6, 6.07) is 0. The van der Waals surface area contributed by atoms with E-state index in [0.717, 1.165) is 44.8 Å². The van der Waals surface area contributed by atoms with Crippen molar-refractivity contribution in [3.05, 3.63) is 12.2 Å². The summed E-state index contributed by atoms with van der Waals surface area (Å²) in [5.74, 6) is 1.38. The number of carboxylic acids is 1. The molecule has 1 aliphatic heterocycles. The van der Waals surface area contributed by atoms with E-state index in [1.165, 1.54) is 0 Å². The fourth-order valence-electron chi connectivity index (χ4n) is 2.73. The van der Waals surface area contributed by atoms with E-state index < -0.39 is 5.97 Å². The second-order valence-corrected chi connectivity index (χ2v) is 6.07. The van der Waals surface area contributed by atoms with Gasteiger partial charge in [0.25, 0.3) is 0 Å². The molecule has 20 heavy (non-hydrogen) atoms. The first-order valence-electron chi connectivity index (χ1n) is 7.35. The van der Waals surface area contributed by atoms with Crippen molar-refractivity contribution in [2.45, 2.75) is 46.2 Å². The maximum absolute atomic E-state index is 10.6. The molecule has 0 spiro atoms. The van der Waals surface area contributed by atoms with Crippen LogP contribution in [0.2, 0.25) is 0 Å². The molecule has 0 amide bonds. The molecule has 2 rings (SSSR count). The summed E-state index contributed by atoms with van der Waals surface area (Å²) >= 11 is 0. The van der Waals surface area contributed by atoms with Gasteiger partial charge in [-0.15, -0.1) is 0 Å². The van der Waals surface area contributed by atoms with E-state index in [4.69, 9.17) is 5.11 Å². The Morgan fingerprint density at radius 3 is 3.05 bits per heavy atom. The molecule has 2 heterocycles. The second-order valence-electron chi connectivity index (χ2n) is 6.07. The zero-order chi connectivity index (χ0) is 14.5. The Kier molecular flexibility index (Phi) is 5.11. The lowest BCUT2D eigenvalue weighted by Gasteiger charge is -2.16. The van der Waals surface area contributed by atoms with Gasteiger partial charge in [0.1, 0.15) is 12.2 Å². The number of likely N-dealkylation sites (tertiary alicyclic amines) is 1. The quantitative estimate of drug-likeness (QED) is 0.821. The SMILES string of the molecule is CC(C)Cn1ncnc1CN1CCC(CCC(=O)O)C1. The smallest absolute Gasteiger partial charge is 0.303 e. The lowest BCUT2D eigenvalue weighted by atomic mass is 10.0. The van der Waals surface area contributed by atoms with E-state index in [1.54, 1.807) is 6.33 Å². The van der Waals surface area contributed by atoms with Crippen LogP contribution in [0.15, 0.2) is 6.33 Å². The molecule has 0 aliphatic carbocycles. The van der Waals surface area contributed by atoms with Crippen LogP contribution in [-0.2, 0) is 17.9 Å². The number of hydrogen-bond donors (Lipinski definition) is 1. The fraction of sp³-hybridized carbons (Fsp3) is 0.786. The molecule has 1 aromatic heterocycles. The summed E-state index contributed by atoms with van der Waals surface area (Å²) in [6.45, 7) is 8.05. The van der Waals surface area contributed by atoms with E-state index in [2.05, 4.69) is 28.8 Å². The van der Waals surface area contributed by atoms with Gasteiger partial charge in [-0.25, -0.2) is 9.67 Å². The van der Waals surface area contributed by atoms with Gasteiger partial charge >= 0.3 is 5.97 Å². The third kappa shape index (κ3) is 4.30. The molecular weight excluding hydrogens is 256 g/mol. The number of nitrogens with zero attached hydrogens (tertiary/aromatic N) is 4. The fourth-order valence-corrected chi connectivity index (χ4v) is 2.73. The Morgan fingerprint density at radius 1 is 1.55 bits per heavy atom. The standard InChI is InChI=1S/C14H24N4O2/c1-11(2)7-18-13(15-10-16-18)9-17-6-5-12(8-17)3-4-14(19)20/h10-12H,3-9H2,1-2H3,(H,19,20). The molecule has 1 saturated heterocycles. The highest BCUT2D eigenvalue weighted by Crippen LogP contribution is 2.22. The Labute approximate surface area is 119 Å². The molecule has 0 aromatic carbocycles. The lowest BCUT2D eigenvalue weighted by Crippen LogP contribution is -2.23. The van der Waals surface area contributed by atoms with Crippen LogP contribution >= 0.6 is 0 Å². The van der Waals surface area contributed by atoms with Crippen LogP contribution in [0, 0.1) is 11.8 Å². The molecule has 1 aromatic rings. The maximum Gasteiger partial charge on any atom is 0.303 e. The first kappa shape index (κ1) is 15.0. The van der Waals surface area contributed by atoms with Gasteiger partial charge in [0.05, 0.1) is 6.54 Å². The third-order valence-electron chi connectivity index (χ3n) is 3.74. The second kappa shape index (κ2) is 6.83. The number of carboxylic acid groups (broad SMARTS) is 1. The molecule has 1 unspecified atom stereocenters. The largest absolute Gasteiger partial charge is 0.481 e. The van der Waals surface area contributed by atoms with E-state index in [-0.39, 0.29) is 6.42 Å². The highest BCUT2D eigenvalue weighted by atomic mass is 16.4. The van der Waals surface area contributed by atoms with Crippen molar-refractivity contribution in [2.75, 3.05) is 13.1 Å². The van der Waals surface area contributed by atoms with Crippen LogP contribution in [0.4, 0.5) is 0 Å². The Balaban J connectivity index is 1.83. The van der Waals surface area contributed by atoms with Gasteiger partial charge in [-0.2, -0.15) is 5.10 Å². The van der Waals surface area contributed by atoms with Crippen molar-refractivity contribution in [1.29, 1.82) is 0 Å². The number of aliphatic carboxylic acids is 1. The Morgan fingerprint density at radius 2 is 2.35 bits per heavy atom. The Hall–Kier alpha value is -1.43. The average molecular weight is 280 g/mol. The van der Waals surface area contributed by atoms with Crippen molar-refractivity contribution >= 4 is 5.97 Å². The minimum absolute atomic E-state index is 0.280. The number of hydrogen-bond acceptors (Lipinski definition) is 4. The molecule has 6 nitrogen and oxygen atoms in total. The van der Waals surface area contributed by atoms with Crippen LogP contribution in [0.1, 0.15) is 38.9 Å². The highest BCUT2D eigenvalue weighted by Gasteiger charge is 2.24. The first-order chi connectivity index (χ1) is 9.54. The maximum atomic E-state index is 10.6. The van der Waals surface area contributed by atoms with Gasteiger partial charge in [-0.1, -0.05) is 13.8 Å². The number of carbonyl (C=O) groups is 1. The summed E-state index contributed by atoms with van der Waals surface area (Å²) in [7, 11) is 0. The van der Waals surface area contributed by atoms with Gasteiger partial charge in [0, 0.05) is 19.5 Å². The van der Waals surface area contributed by atoms with Gasteiger partial charge in [0.15, 0.2) is 0 Å². The summed E-state index contributed by atoms with van der Waals surface area (Å²) in [4.78, 5) is 17.3. The molecule has 112 valence electrons. The predicted octanol–water partition coefficient (Wildman–Crippen LogP) is 1.62. The monoisotopic (exact) mass is 280 g/mol. The first-order valence-corrected chi connectivity index (χ1v) is 7.35. The molecule has 1 N–H and O–H groups in total. The Bertz CT molecular complexity index is 444. The summed E-state index contributed by atoms with van der Waals surface area (Å²) in [5.41, 5.74) is 0. The lowest BCUT2D eigenvalue weighted by molar-refractivity contribution is -0.137. The predicted molar refractivity (Wildman–Crippen MR) is 75.1 cm³/mol. The average Bonchev–Trinajstić information content (AvgIpc) is 2.97. The minimum Gasteiger partial charge on any atom is -0.481 e. The van der Waals surface area contributed by atoms with Gasteiger partial charge < -0.3 is 5.11 Å². The molecule has 0 radical (unpaired) electrons. The molecule has 0 bridgehead atoms. The van der Waals surface area contributed by atoms with Crippen LogP contribution in [0.3, 0.4) is 0 Å². The summed E-state index contributed by atoms with van der Waals surface area (Å²) < 4.78 is 1.98. The van der Waals surface area contributed by atoms with Crippen molar-refractivity contribution in [3.8, 4) is 0 Å². The van der Waals surface area contributed by atoms with Gasteiger partial charge in [-0.3, -0.25) is 9.69 Å². The molecule has 1 atom stereocenters. The molecule has 1 aliphatic rings. The molecule has 6 heteroatoms. The topological polar surface area (TPSA) is 71.2 Å². The van der Waals surface area contributed by atoms with Crippen LogP contribution in [0.25, 0.3) is 0 Å². The van der Waals surface area contributed by atoms with Gasteiger partial charge in [0.2, 0.25) is 0 Å². The van der Waals surface area contributed by atoms with E-state index in [9.17, 15) is 4.79 Å². The zero-order valence-electron chi connectivity index (χ0n) is 12.3. The van der Waals surface area contributed by atoms with Crippen LogP contribution in [0.5, 0.6) is 0 Å². The highest BCUT2D eigenvalue weighted by molar-refractivity contribution is 5.66. The molecular formula is C14H24N4O2. The minimum atomic E-state index is -0.694. The van der Waals surface area contributed by atoms with E-state index in [1.807, 2.05) is 4.68 Å².